The first-order chi connectivity index (χ1) is 11.8. The molecule has 1 aromatic rings. The highest BCUT2D eigenvalue weighted by atomic mass is 32.1. The van der Waals surface area contributed by atoms with Crippen molar-refractivity contribution >= 4 is 29.0 Å². The van der Waals surface area contributed by atoms with E-state index in [0.717, 1.165) is 9.75 Å². The number of methoxy groups -OCH3 is 1. The Bertz CT molecular complexity index is 664. The molecule has 1 N–H and O–H groups in total. The molecule has 1 atom stereocenters. The predicted octanol–water partition coefficient (Wildman–Crippen LogP) is 2.67. The van der Waals surface area contributed by atoms with Crippen molar-refractivity contribution in [2.75, 3.05) is 26.8 Å². The number of ketones is 1. The molecule has 0 radical (unpaired) electrons. The standard InChI is InChI=1S/C18H25NO5S/c1-12-9-14(13(2)25-12)15(20)5-6-16(21)19-8-4-7-18(10-19,11-24-3)17(22)23/h9H,4-8,10-11H2,1-3H3,(H,22,23). The highest BCUT2D eigenvalue weighted by Crippen LogP contribution is 2.31. The Hall–Kier alpha value is -1.73. The number of aryl methyl sites for hydroxylation is 2. The number of ether oxygens (including phenoxy) is 1. The van der Waals surface area contributed by atoms with Crippen LogP contribution in [0.15, 0.2) is 6.07 Å². The fourth-order valence-corrected chi connectivity index (χ4v) is 4.34. The normalized spacial score (nSPS) is 20.5. The van der Waals surface area contributed by atoms with Crippen molar-refractivity contribution in [2.45, 2.75) is 39.5 Å². The first kappa shape index (κ1) is 19.6. The third-order valence-corrected chi connectivity index (χ3v) is 5.68. The first-order valence-corrected chi connectivity index (χ1v) is 9.21. The monoisotopic (exact) mass is 367 g/mol. The van der Waals surface area contributed by atoms with Crippen LogP contribution in [-0.4, -0.2) is 54.5 Å². The van der Waals surface area contributed by atoms with Gasteiger partial charge in [0.1, 0.15) is 5.41 Å². The maximum atomic E-state index is 12.5. The van der Waals surface area contributed by atoms with Gasteiger partial charge in [0.05, 0.1) is 6.61 Å². The smallest absolute Gasteiger partial charge is 0.313 e. The van der Waals surface area contributed by atoms with Crippen molar-refractivity contribution in [1.29, 1.82) is 0 Å². The van der Waals surface area contributed by atoms with E-state index >= 15 is 0 Å². The van der Waals surface area contributed by atoms with E-state index < -0.39 is 11.4 Å². The van der Waals surface area contributed by atoms with Gasteiger partial charge in [-0.3, -0.25) is 14.4 Å². The van der Waals surface area contributed by atoms with E-state index in [1.54, 1.807) is 16.2 Å². The minimum Gasteiger partial charge on any atom is -0.481 e. The van der Waals surface area contributed by atoms with E-state index in [2.05, 4.69) is 0 Å². The summed E-state index contributed by atoms with van der Waals surface area (Å²) in [6, 6.07) is 1.86. The van der Waals surface area contributed by atoms with Gasteiger partial charge < -0.3 is 14.7 Å². The van der Waals surface area contributed by atoms with Crippen LogP contribution in [0.1, 0.15) is 45.8 Å². The number of nitrogens with zero attached hydrogens (tertiary/aromatic N) is 1. The lowest BCUT2D eigenvalue weighted by Gasteiger charge is -2.39. The molecule has 6 nitrogen and oxygen atoms in total. The molecule has 1 unspecified atom stereocenters. The van der Waals surface area contributed by atoms with E-state index in [9.17, 15) is 19.5 Å². The number of carboxylic acids is 1. The molecular weight excluding hydrogens is 342 g/mol. The Labute approximate surface area is 151 Å². The molecule has 1 saturated heterocycles. The van der Waals surface area contributed by atoms with Gasteiger partial charge in [-0.2, -0.15) is 0 Å². The Morgan fingerprint density at radius 1 is 1.32 bits per heavy atom. The Balaban J connectivity index is 1.97. The number of hydrogen-bond acceptors (Lipinski definition) is 5. The fourth-order valence-electron chi connectivity index (χ4n) is 3.40. The van der Waals surface area contributed by atoms with Crippen molar-refractivity contribution < 1.29 is 24.2 Å². The van der Waals surface area contributed by atoms with Crippen molar-refractivity contribution in [1.82, 2.24) is 4.90 Å². The van der Waals surface area contributed by atoms with Crippen LogP contribution in [0, 0.1) is 19.3 Å². The Kier molecular flexibility index (Phi) is 6.35. The molecule has 0 bridgehead atoms. The summed E-state index contributed by atoms with van der Waals surface area (Å²) in [6.07, 6.45) is 1.37. The molecule has 1 aromatic heterocycles. The van der Waals surface area contributed by atoms with Gasteiger partial charge in [-0.1, -0.05) is 0 Å². The van der Waals surface area contributed by atoms with Gasteiger partial charge in [0.25, 0.3) is 0 Å². The largest absolute Gasteiger partial charge is 0.481 e. The number of carbonyl (C=O) groups is 3. The highest BCUT2D eigenvalue weighted by Gasteiger charge is 2.43. The molecule has 1 amide bonds. The number of likely N-dealkylation sites (tertiary alicyclic amines) is 1. The van der Waals surface area contributed by atoms with Crippen LogP contribution < -0.4 is 0 Å². The van der Waals surface area contributed by atoms with Crippen LogP contribution in [0.5, 0.6) is 0 Å². The van der Waals surface area contributed by atoms with Crippen LogP contribution in [0.4, 0.5) is 0 Å². The maximum absolute atomic E-state index is 12.5. The average Bonchev–Trinajstić information content (AvgIpc) is 2.91. The summed E-state index contributed by atoms with van der Waals surface area (Å²) in [5, 5.41) is 9.55. The number of Topliss-reactive ketones (excluding diaryl/α,β-unsaturated/α-hetero) is 1. The molecule has 2 heterocycles. The topological polar surface area (TPSA) is 83.9 Å². The second-order valence-electron chi connectivity index (χ2n) is 6.69. The van der Waals surface area contributed by atoms with Gasteiger partial charge in [-0.25, -0.2) is 0 Å². The zero-order chi connectivity index (χ0) is 18.6. The maximum Gasteiger partial charge on any atom is 0.313 e. The van der Waals surface area contributed by atoms with Crippen LogP contribution in [0.3, 0.4) is 0 Å². The summed E-state index contributed by atoms with van der Waals surface area (Å²) in [7, 11) is 1.47. The molecule has 0 aliphatic carbocycles. The van der Waals surface area contributed by atoms with E-state index in [1.165, 1.54) is 7.11 Å². The Morgan fingerprint density at radius 3 is 2.60 bits per heavy atom. The summed E-state index contributed by atoms with van der Waals surface area (Å²) >= 11 is 1.57. The zero-order valence-corrected chi connectivity index (χ0v) is 15.8. The average molecular weight is 367 g/mol. The summed E-state index contributed by atoms with van der Waals surface area (Å²) in [5.74, 6) is -1.14. The minimum atomic E-state index is -1.05. The molecule has 1 aliphatic heterocycles. The molecular formula is C18H25NO5S. The van der Waals surface area contributed by atoms with Gasteiger partial charge in [-0.05, 0) is 32.8 Å². The number of amides is 1. The fraction of sp³-hybridized carbons (Fsp3) is 0.611. The van der Waals surface area contributed by atoms with Crippen molar-refractivity contribution in [2.24, 2.45) is 5.41 Å². The molecule has 2 rings (SSSR count). The molecule has 1 aliphatic rings. The van der Waals surface area contributed by atoms with Crippen molar-refractivity contribution in [3.63, 3.8) is 0 Å². The number of hydrogen-bond donors (Lipinski definition) is 1. The van der Waals surface area contributed by atoms with Crippen molar-refractivity contribution in [3.8, 4) is 0 Å². The predicted molar refractivity (Wildman–Crippen MR) is 95.1 cm³/mol. The van der Waals surface area contributed by atoms with E-state index in [4.69, 9.17) is 4.74 Å². The lowest BCUT2D eigenvalue weighted by molar-refractivity contribution is -0.159. The third-order valence-electron chi connectivity index (χ3n) is 4.71. The summed E-state index contributed by atoms with van der Waals surface area (Å²) in [6.45, 7) is 4.61. The van der Waals surface area contributed by atoms with Gasteiger partial charge in [0.15, 0.2) is 5.78 Å². The van der Waals surface area contributed by atoms with Crippen LogP contribution in [0.25, 0.3) is 0 Å². The van der Waals surface area contributed by atoms with E-state index in [-0.39, 0.29) is 37.7 Å². The van der Waals surface area contributed by atoms with Gasteiger partial charge >= 0.3 is 5.97 Å². The lowest BCUT2D eigenvalue weighted by atomic mass is 9.80. The molecule has 138 valence electrons. The molecule has 1 fully saturated rings. The zero-order valence-electron chi connectivity index (χ0n) is 15.0. The number of rotatable bonds is 7. The molecule has 0 spiro atoms. The Morgan fingerprint density at radius 2 is 2.04 bits per heavy atom. The summed E-state index contributed by atoms with van der Waals surface area (Å²) < 4.78 is 5.07. The first-order valence-electron chi connectivity index (χ1n) is 8.39. The van der Waals surface area contributed by atoms with Gasteiger partial charge in [0.2, 0.25) is 5.91 Å². The summed E-state index contributed by atoms with van der Waals surface area (Å²) in [4.78, 5) is 40.1. The number of carboxylic acid groups (broad SMARTS) is 1. The SMILES string of the molecule is COCC1(C(=O)O)CCCN(C(=O)CCC(=O)c2cc(C)sc2C)C1. The number of carbonyl (C=O) groups excluding carboxylic acids is 2. The van der Waals surface area contributed by atoms with Crippen molar-refractivity contribution in [3.05, 3.63) is 21.4 Å². The van der Waals surface area contributed by atoms with E-state index in [1.807, 2.05) is 19.9 Å². The molecule has 25 heavy (non-hydrogen) atoms. The van der Waals surface area contributed by atoms with Gasteiger partial charge in [0, 0.05) is 48.4 Å². The summed E-state index contributed by atoms with van der Waals surface area (Å²) in [5.41, 5.74) is -0.360. The third kappa shape index (κ3) is 4.46. The van der Waals surface area contributed by atoms with Crippen LogP contribution >= 0.6 is 11.3 Å². The van der Waals surface area contributed by atoms with Crippen LogP contribution in [0.2, 0.25) is 0 Å². The van der Waals surface area contributed by atoms with Crippen LogP contribution in [-0.2, 0) is 14.3 Å². The van der Waals surface area contributed by atoms with E-state index in [0.29, 0.717) is 24.9 Å². The molecule has 0 saturated carbocycles. The molecule has 7 heteroatoms. The molecule has 0 aromatic carbocycles. The second kappa shape index (κ2) is 8.10. The minimum absolute atomic E-state index is 0.0337. The number of aliphatic carboxylic acids is 1. The lowest BCUT2D eigenvalue weighted by Crippen LogP contribution is -2.52. The van der Waals surface area contributed by atoms with Gasteiger partial charge in [-0.15, -0.1) is 11.3 Å². The highest BCUT2D eigenvalue weighted by molar-refractivity contribution is 7.12. The quantitative estimate of drug-likeness (QED) is 0.749. The number of piperidine rings is 1. The second-order valence-corrected chi connectivity index (χ2v) is 8.15. The number of thiophene rings is 1.